The highest BCUT2D eigenvalue weighted by atomic mass is 35.5. The second-order valence-corrected chi connectivity index (χ2v) is 6.22. The molecule has 3 aromatic rings. The van der Waals surface area contributed by atoms with E-state index in [1.807, 2.05) is 42.5 Å². The predicted molar refractivity (Wildman–Crippen MR) is 107 cm³/mol. The van der Waals surface area contributed by atoms with Crippen LogP contribution in [0.15, 0.2) is 72.8 Å². The number of hydrogen-bond acceptors (Lipinski definition) is 3. The number of carbonyl (C=O) groups is 2. The first-order chi connectivity index (χ1) is 13.1. The number of esters is 1. The van der Waals surface area contributed by atoms with Crippen LogP contribution in [-0.2, 0) is 4.74 Å². The Morgan fingerprint density at radius 3 is 2.22 bits per heavy atom. The van der Waals surface area contributed by atoms with Crippen molar-refractivity contribution < 1.29 is 14.3 Å². The van der Waals surface area contributed by atoms with Gasteiger partial charge in [0.15, 0.2) is 0 Å². The summed E-state index contributed by atoms with van der Waals surface area (Å²) in [6.45, 7) is 2.00. The molecule has 5 heteroatoms. The van der Waals surface area contributed by atoms with E-state index >= 15 is 0 Å². The van der Waals surface area contributed by atoms with Crippen LogP contribution < -0.4 is 5.32 Å². The van der Waals surface area contributed by atoms with Gasteiger partial charge in [0.25, 0.3) is 5.91 Å². The van der Waals surface area contributed by atoms with Crippen LogP contribution in [-0.4, -0.2) is 18.5 Å². The molecule has 0 unspecified atom stereocenters. The molecule has 136 valence electrons. The topological polar surface area (TPSA) is 55.4 Å². The van der Waals surface area contributed by atoms with Crippen LogP contribution in [0.25, 0.3) is 11.1 Å². The number of benzene rings is 3. The SMILES string of the molecule is CCOC(=O)c1ccc(NC(=O)c2ccc(-c3ccccc3)cc2)cc1Cl. The molecule has 0 bridgehead atoms. The van der Waals surface area contributed by atoms with Crippen LogP contribution in [0.4, 0.5) is 5.69 Å². The van der Waals surface area contributed by atoms with Crippen LogP contribution in [0.2, 0.25) is 5.02 Å². The molecule has 0 heterocycles. The van der Waals surface area contributed by atoms with Crippen LogP contribution in [0.1, 0.15) is 27.6 Å². The molecular weight excluding hydrogens is 362 g/mol. The number of halogens is 1. The van der Waals surface area contributed by atoms with Gasteiger partial charge >= 0.3 is 5.97 Å². The molecule has 1 N–H and O–H groups in total. The van der Waals surface area contributed by atoms with Gasteiger partial charge in [-0.1, -0.05) is 54.1 Å². The summed E-state index contributed by atoms with van der Waals surface area (Å²) in [4.78, 5) is 24.2. The number of nitrogens with one attached hydrogen (secondary N) is 1. The van der Waals surface area contributed by atoms with Gasteiger partial charge in [0.1, 0.15) is 0 Å². The average molecular weight is 380 g/mol. The van der Waals surface area contributed by atoms with Gasteiger partial charge in [0.2, 0.25) is 0 Å². The predicted octanol–water partition coefficient (Wildman–Crippen LogP) is 5.44. The van der Waals surface area contributed by atoms with Crippen LogP contribution in [0.3, 0.4) is 0 Å². The summed E-state index contributed by atoms with van der Waals surface area (Å²) in [6, 6.07) is 22.0. The van der Waals surface area contributed by atoms with E-state index in [-0.39, 0.29) is 23.1 Å². The minimum absolute atomic E-state index is 0.227. The van der Waals surface area contributed by atoms with Gasteiger partial charge < -0.3 is 10.1 Å². The van der Waals surface area contributed by atoms with Gasteiger partial charge in [-0.05, 0) is 48.4 Å². The molecule has 0 atom stereocenters. The van der Waals surface area contributed by atoms with Gasteiger partial charge in [0.05, 0.1) is 17.2 Å². The summed E-state index contributed by atoms with van der Waals surface area (Å²) >= 11 is 6.13. The Bertz CT molecular complexity index is 953. The normalized spacial score (nSPS) is 10.3. The molecule has 3 rings (SSSR count). The molecule has 0 fully saturated rings. The van der Waals surface area contributed by atoms with E-state index in [0.717, 1.165) is 11.1 Å². The molecule has 27 heavy (non-hydrogen) atoms. The van der Waals surface area contributed by atoms with E-state index in [9.17, 15) is 9.59 Å². The van der Waals surface area contributed by atoms with E-state index in [2.05, 4.69) is 5.32 Å². The van der Waals surface area contributed by atoms with Gasteiger partial charge in [-0.3, -0.25) is 4.79 Å². The molecule has 0 spiro atoms. The van der Waals surface area contributed by atoms with E-state index in [1.54, 1.807) is 25.1 Å². The van der Waals surface area contributed by atoms with E-state index in [1.165, 1.54) is 12.1 Å². The summed E-state index contributed by atoms with van der Waals surface area (Å²) in [7, 11) is 0. The van der Waals surface area contributed by atoms with Gasteiger partial charge in [-0.15, -0.1) is 0 Å². The summed E-state index contributed by atoms with van der Waals surface area (Å²) in [5.74, 6) is -0.744. The first kappa shape index (κ1) is 18.7. The molecule has 0 saturated heterocycles. The monoisotopic (exact) mass is 379 g/mol. The Hall–Kier alpha value is -3.11. The molecule has 0 aliphatic heterocycles. The van der Waals surface area contributed by atoms with Crippen molar-refractivity contribution in [1.29, 1.82) is 0 Å². The molecule has 1 amide bonds. The quantitative estimate of drug-likeness (QED) is 0.601. The Morgan fingerprint density at radius 2 is 1.59 bits per heavy atom. The fourth-order valence-electron chi connectivity index (χ4n) is 2.62. The molecule has 3 aromatic carbocycles. The average Bonchev–Trinajstić information content (AvgIpc) is 2.69. The lowest BCUT2D eigenvalue weighted by atomic mass is 10.0. The fourth-order valence-corrected chi connectivity index (χ4v) is 2.87. The molecule has 0 aliphatic rings. The number of amides is 1. The highest BCUT2D eigenvalue weighted by Crippen LogP contribution is 2.23. The molecule has 0 radical (unpaired) electrons. The smallest absolute Gasteiger partial charge is 0.339 e. The number of hydrogen-bond donors (Lipinski definition) is 1. The van der Waals surface area contributed by atoms with E-state index < -0.39 is 5.97 Å². The maximum atomic E-state index is 12.4. The first-order valence-corrected chi connectivity index (χ1v) is 8.90. The van der Waals surface area contributed by atoms with Crippen LogP contribution >= 0.6 is 11.6 Å². The summed E-state index contributed by atoms with van der Waals surface area (Å²) in [5, 5.41) is 3.01. The van der Waals surface area contributed by atoms with Gasteiger partial charge in [-0.2, -0.15) is 0 Å². The van der Waals surface area contributed by atoms with Crippen molar-refractivity contribution in [2.75, 3.05) is 11.9 Å². The minimum Gasteiger partial charge on any atom is -0.462 e. The third-order valence-corrected chi connectivity index (χ3v) is 4.29. The standard InChI is InChI=1S/C22H18ClNO3/c1-2-27-22(26)19-13-12-18(14-20(19)23)24-21(25)17-10-8-16(9-11-17)15-6-4-3-5-7-15/h3-14H,2H2,1H3,(H,24,25). The number of rotatable bonds is 5. The van der Waals surface area contributed by atoms with Gasteiger partial charge in [-0.25, -0.2) is 4.79 Å². The lowest BCUT2D eigenvalue weighted by Crippen LogP contribution is -2.12. The first-order valence-electron chi connectivity index (χ1n) is 8.52. The van der Waals surface area contributed by atoms with Crippen molar-refractivity contribution in [3.8, 4) is 11.1 Å². The minimum atomic E-state index is -0.489. The summed E-state index contributed by atoms with van der Waals surface area (Å²) in [5.41, 5.74) is 3.42. The Labute approximate surface area is 162 Å². The zero-order chi connectivity index (χ0) is 19.2. The van der Waals surface area contributed by atoms with Crippen molar-refractivity contribution in [3.05, 3.63) is 88.9 Å². The Kier molecular flexibility index (Phi) is 5.89. The molecule has 0 aromatic heterocycles. The van der Waals surface area contributed by atoms with Crippen molar-refractivity contribution >= 4 is 29.2 Å². The fraction of sp³-hybridized carbons (Fsp3) is 0.0909. The second-order valence-electron chi connectivity index (χ2n) is 5.81. The molecule has 0 saturated carbocycles. The van der Waals surface area contributed by atoms with Crippen LogP contribution in [0, 0.1) is 0 Å². The summed E-state index contributed by atoms with van der Waals surface area (Å²) < 4.78 is 4.94. The van der Waals surface area contributed by atoms with Crippen molar-refractivity contribution in [2.45, 2.75) is 6.92 Å². The third kappa shape index (κ3) is 4.54. The van der Waals surface area contributed by atoms with Crippen molar-refractivity contribution in [1.82, 2.24) is 0 Å². The largest absolute Gasteiger partial charge is 0.462 e. The van der Waals surface area contributed by atoms with E-state index in [0.29, 0.717) is 11.3 Å². The van der Waals surface area contributed by atoms with E-state index in [4.69, 9.17) is 16.3 Å². The summed E-state index contributed by atoms with van der Waals surface area (Å²) in [6.07, 6.45) is 0. The zero-order valence-electron chi connectivity index (χ0n) is 14.7. The molecular formula is C22H18ClNO3. The maximum Gasteiger partial charge on any atom is 0.339 e. The maximum absolute atomic E-state index is 12.4. The molecule has 0 aliphatic carbocycles. The molecule has 4 nitrogen and oxygen atoms in total. The number of carbonyl (C=O) groups excluding carboxylic acids is 2. The van der Waals surface area contributed by atoms with Crippen LogP contribution in [0.5, 0.6) is 0 Å². The highest BCUT2D eigenvalue weighted by Gasteiger charge is 2.13. The lowest BCUT2D eigenvalue weighted by molar-refractivity contribution is 0.0526. The zero-order valence-corrected chi connectivity index (χ0v) is 15.5. The third-order valence-electron chi connectivity index (χ3n) is 3.98. The van der Waals surface area contributed by atoms with Crippen molar-refractivity contribution in [2.24, 2.45) is 0 Å². The Morgan fingerprint density at radius 1 is 0.926 bits per heavy atom. The number of ether oxygens (including phenoxy) is 1. The van der Waals surface area contributed by atoms with Gasteiger partial charge in [0, 0.05) is 11.3 Å². The van der Waals surface area contributed by atoms with Crippen molar-refractivity contribution in [3.63, 3.8) is 0 Å². The Balaban J connectivity index is 1.72. The lowest BCUT2D eigenvalue weighted by Gasteiger charge is -2.09. The number of anilines is 1. The second kappa shape index (κ2) is 8.52. The highest BCUT2D eigenvalue weighted by molar-refractivity contribution is 6.34.